The Balaban J connectivity index is 1.95. The van der Waals surface area contributed by atoms with Gasteiger partial charge < -0.3 is 10.1 Å². The fourth-order valence-electron chi connectivity index (χ4n) is 2.78. The molecular weight excluding hydrogens is 404 g/mol. The number of amides is 3. The van der Waals surface area contributed by atoms with E-state index in [1.54, 1.807) is 69.5 Å². The van der Waals surface area contributed by atoms with Crippen LogP contribution in [-0.4, -0.2) is 40.4 Å². The number of nitrogens with zero attached hydrogens (tertiary/aromatic N) is 2. The van der Waals surface area contributed by atoms with Gasteiger partial charge in [0.25, 0.3) is 5.56 Å². The zero-order chi connectivity index (χ0) is 21.7. The summed E-state index contributed by atoms with van der Waals surface area (Å²) in [5.41, 5.74) is 0.842. The van der Waals surface area contributed by atoms with Crippen LogP contribution in [0.4, 0.5) is 4.79 Å². The quantitative estimate of drug-likeness (QED) is 0.464. The van der Waals surface area contributed by atoms with E-state index >= 15 is 0 Å². The third-order valence-electron chi connectivity index (χ3n) is 4.06. The van der Waals surface area contributed by atoms with Crippen LogP contribution in [-0.2, 0) is 4.79 Å². The van der Waals surface area contributed by atoms with Gasteiger partial charge in [0.2, 0.25) is 5.91 Å². The topological polar surface area (TPSA) is 102 Å². The lowest BCUT2D eigenvalue weighted by Gasteiger charge is -2.14. The fraction of sp³-hybridized carbons (Fsp3) is 0.238. The molecule has 0 atom stereocenters. The van der Waals surface area contributed by atoms with Gasteiger partial charge in [-0.05, 0) is 38.1 Å². The third kappa shape index (κ3) is 4.98. The first-order valence-electron chi connectivity index (χ1n) is 9.28. The highest BCUT2D eigenvalue weighted by Crippen LogP contribution is 2.23. The predicted octanol–water partition coefficient (Wildman–Crippen LogP) is 2.72. The number of urea groups is 1. The Morgan fingerprint density at radius 2 is 1.93 bits per heavy atom. The molecule has 0 saturated heterocycles. The first kappa shape index (κ1) is 21.4. The zero-order valence-electron chi connectivity index (χ0n) is 16.8. The Labute approximate surface area is 177 Å². The van der Waals surface area contributed by atoms with Gasteiger partial charge in [-0.1, -0.05) is 30.0 Å². The van der Waals surface area contributed by atoms with Gasteiger partial charge in [0, 0.05) is 12.1 Å². The van der Waals surface area contributed by atoms with Gasteiger partial charge >= 0.3 is 6.03 Å². The van der Waals surface area contributed by atoms with Crippen molar-refractivity contribution in [2.45, 2.75) is 25.0 Å². The summed E-state index contributed by atoms with van der Waals surface area (Å²) in [6.07, 6.45) is 0. The predicted molar refractivity (Wildman–Crippen MR) is 116 cm³/mol. The van der Waals surface area contributed by atoms with Crippen molar-refractivity contribution in [3.05, 3.63) is 58.9 Å². The van der Waals surface area contributed by atoms with Gasteiger partial charge in [0.05, 0.1) is 29.5 Å². The third-order valence-corrected chi connectivity index (χ3v) is 5.00. The van der Waals surface area contributed by atoms with Crippen LogP contribution in [0.2, 0.25) is 0 Å². The summed E-state index contributed by atoms with van der Waals surface area (Å²) in [6, 6.07) is 13.4. The molecule has 2 N–H and O–H groups in total. The highest BCUT2D eigenvalue weighted by atomic mass is 32.2. The molecule has 0 radical (unpaired) electrons. The van der Waals surface area contributed by atoms with Gasteiger partial charge in [0.15, 0.2) is 5.16 Å². The van der Waals surface area contributed by atoms with Crippen LogP contribution in [0.3, 0.4) is 0 Å². The molecular formula is C21H22N4O4S. The van der Waals surface area contributed by atoms with Crippen LogP contribution in [0.25, 0.3) is 16.6 Å². The monoisotopic (exact) mass is 426 g/mol. The maximum Gasteiger partial charge on any atom is 0.321 e. The Bertz CT molecular complexity index is 1140. The Morgan fingerprint density at radius 1 is 1.17 bits per heavy atom. The number of fused-ring (bicyclic) bond motifs is 1. The highest BCUT2D eigenvalue weighted by molar-refractivity contribution is 7.99. The number of rotatable bonds is 6. The molecule has 3 amide bonds. The lowest BCUT2D eigenvalue weighted by molar-refractivity contribution is -0.117. The molecule has 3 rings (SSSR count). The summed E-state index contributed by atoms with van der Waals surface area (Å²) < 4.78 is 6.71. The van der Waals surface area contributed by atoms with E-state index in [-0.39, 0.29) is 17.4 Å². The molecule has 1 aromatic heterocycles. The number of benzene rings is 2. The zero-order valence-corrected chi connectivity index (χ0v) is 17.7. The molecule has 30 heavy (non-hydrogen) atoms. The van der Waals surface area contributed by atoms with Crippen LogP contribution < -0.4 is 20.9 Å². The van der Waals surface area contributed by atoms with Crippen molar-refractivity contribution in [2.75, 3.05) is 12.9 Å². The minimum atomic E-state index is -0.563. The Hall–Kier alpha value is -3.33. The van der Waals surface area contributed by atoms with E-state index in [0.29, 0.717) is 27.5 Å². The van der Waals surface area contributed by atoms with Crippen molar-refractivity contribution >= 4 is 34.6 Å². The van der Waals surface area contributed by atoms with Crippen LogP contribution in [0, 0.1) is 0 Å². The molecule has 156 valence electrons. The molecule has 0 aliphatic carbocycles. The SMILES string of the molecule is COc1cccc(-n2c(SCC(=O)NC(=O)NC(C)C)nc3ccccc3c2=O)c1. The molecule has 0 unspecified atom stereocenters. The van der Waals surface area contributed by atoms with Crippen molar-refractivity contribution < 1.29 is 14.3 Å². The largest absolute Gasteiger partial charge is 0.497 e. The second-order valence-corrected chi connectivity index (χ2v) is 7.66. The van der Waals surface area contributed by atoms with Gasteiger partial charge in [-0.2, -0.15) is 0 Å². The van der Waals surface area contributed by atoms with Gasteiger partial charge in [-0.25, -0.2) is 9.78 Å². The number of para-hydroxylation sites is 1. The fourth-order valence-corrected chi connectivity index (χ4v) is 3.59. The summed E-state index contributed by atoms with van der Waals surface area (Å²) in [5.74, 6) is 0.0182. The van der Waals surface area contributed by atoms with E-state index < -0.39 is 11.9 Å². The number of carbonyl (C=O) groups excluding carboxylic acids is 2. The van der Waals surface area contributed by atoms with Crippen molar-refractivity contribution in [2.24, 2.45) is 0 Å². The number of aromatic nitrogens is 2. The molecule has 8 nitrogen and oxygen atoms in total. The number of nitrogens with one attached hydrogen (secondary N) is 2. The molecule has 0 fully saturated rings. The van der Waals surface area contributed by atoms with Crippen molar-refractivity contribution in [3.63, 3.8) is 0 Å². The van der Waals surface area contributed by atoms with E-state index in [1.807, 2.05) is 0 Å². The summed E-state index contributed by atoms with van der Waals surface area (Å²) >= 11 is 1.07. The van der Waals surface area contributed by atoms with Crippen LogP contribution in [0.5, 0.6) is 5.75 Å². The van der Waals surface area contributed by atoms with E-state index in [0.717, 1.165) is 11.8 Å². The normalized spacial score (nSPS) is 10.8. The Kier molecular flexibility index (Phi) is 6.73. The van der Waals surface area contributed by atoms with E-state index in [4.69, 9.17) is 4.74 Å². The lowest BCUT2D eigenvalue weighted by Crippen LogP contribution is -2.43. The van der Waals surface area contributed by atoms with Crippen LogP contribution in [0.15, 0.2) is 58.5 Å². The van der Waals surface area contributed by atoms with Crippen molar-refractivity contribution in [1.82, 2.24) is 20.2 Å². The number of thioether (sulfide) groups is 1. The molecule has 2 aromatic carbocycles. The second kappa shape index (κ2) is 9.45. The number of ether oxygens (including phenoxy) is 1. The van der Waals surface area contributed by atoms with Crippen molar-refractivity contribution in [3.8, 4) is 11.4 Å². The van der Waals surface area contributed by atoms with E-state index in [9.17, 15) is 14.4 Å². The number of hydrogen-bond donors (Lipinski definition) is 2. The van der Waals surface area contributed by atoms with Gasteiger partial charge in [-0.3, -0.25) is 19.5 Å². The lowest BCUT2D eigenvalue weighted by atomic mass is 10.2. The molecule has 0 saturated carbocycles. The molecule has 0 aliphatic rings. The molecule has 3 aromatic rings. The molecule has 0 spiro atoms. The summed E-state index contributed by atoms with van der Waals surface area (Å²) in [7, 11) is 1.54. The van der Waals surface area contributed by atoms with Gasteiger partial charge in [-0.15, -0.1) is 0 Å². The summed E-state index contributed by atoms with van der Waals surface area (Å²) in [4.78, 5) is 41.7. The standard InChI is InChI=1S/C21H22N4O4S/c1-13(2)22-20(28)24-18(26)12-30-21-23-17-10-5-4-9-16(17)19(27)25(21)14-7-6-8-15(11-14)29-3/h4-11,13H,12H2,1-3H3,(H2,22,24,26,28). The van der Waals surface area contributed by atoms with E-state index in [2.05, 4.69) is 15.6 Å². The van der Waals surface area contributed by atoms with Crippen LogP contribution in [0.1, 0.15) is 13.8 Å². The summed E-state index contributed by atoms with van der Waals surface area (Å²) in [6.45, 7) is 3.59. The highest BCUT2D eigenvalue weighted by Gasteiger charge is 2.16. The van der Waals surface area contributed by atoms with Crippen molar-refractivity contribution in [1.29, 1.82) is 0 Å². The van der Waals surface area contributed by atoms with E-state index in [1.165, 1.54) is 4.57 Å². The minimum Gasteiger partial charge on any atom is -0.497 e. The first-order chi connectivity index (χ1) is 14.4. The first-order valence-corrected chi connectivity index (χ1v) is 10.3. The molecule has 9 heteroatoms. The maximum atomic E-state index is 13.2. The molecule has 0 bridgehead atoms. The second-order valence-electron chi connectivity index (χ2n) is 6.72. The average molecular weight is 426 g/mol. The maximum absolute atomic E-state index is 13.2. The number of carbonyl (C=O) groups is 2. The number of imide groups is 1. The minimum absolute atomic E-state index is 0.0831. The smallest absolute Gasteiger partial charge is 0.321 e. The molecule has 1 heterocycles. The van der Waals surface area contributed by atoms with Crippen LogP contribution >= 0.6 is 11.8 Å². The molecule has 0 aliphatic heterocycles. The van der Waals surface area contributed by atoms with Gasteiger partial charge in [0.1, 0.15) is 5.75 Å². The number of hydrogen-bond acceptors (Lipinski definition) is 6. The number of methoxy groups -OCH3 is 1. The average Bonchev–Trinajstić information content (AvgIpc) is 2.71. The Morgan fingerprint density at radius 3 is 2.67 bits per heavy atom. The summed E-state index contributed by atoms with van der Waals surface area (Å²) in [5, 5.41) is 5.66.